The molecule has 218 valence electrons. The third-order valence-corrected chi connectivity index (χ3v) is 6.47. The molecule has 12 heteroatoms. The Morgan fingerprint density at radius 3 is 1.31 bits per heavy atom. The Balaban J connectivity index is 1.15. The molecule has 4 aromatic heterocycles. The van der Waals surface area contributed by atoms with E-state index in [-0.39, 0.29) is 0 Å². The molecule has 0 saturated heterocycles. The molecule has 12 nitrogen and oxygen atoms in total. The van der Waals surface area contributed by atoms with Gasteiger partial charge in [-0.1, -0.05) is 46.8 Å². The maximum atomic E-state index is 5.49. The Labute approximate surface area is 244 Å². The summed E-state index contributed by atoms with van der Waals surface area (Å²) in [5.74, 6) is 0. The van der Waals surface area contributed by atoms with Crippen molar-refractivity contribution < 1.29 is 18.9 Å². The van der Waals surface area contributed by atoms with Crippen molar-refractivity contribution in [1.29, 1.82) is 0 Å². The van der Waals surface area contributed by atoms with Gasteiger partial charge in [-0.2, -0.15) is 0 Å². The lowest BCUT2D eigenvalue weighted by molar-refractivity contribution is 0.0652. The van der Waals surface area contributed by atoms with Crippen LogP contribution in [-0.4, -0.2) is 93.8 Å². The van der Waals surface area contributed by atoms with Gasteiger partial charge in [-0.15, -0.1) is 10.2 Å². The molecule has 0 unspecified atom stereocenters. The van der Waals surface area contributed by atoms with Crippen LogP contribution in [-0.2, 0) is 32.0 Å². The smallest absolute Gasteiger partial charge is 0.131 e. The number of hydrogen-bond acceptors (Lipinski definition) is 10. The molecule has 1 aromatic carbocycles. The lowest BCUT2D eigenvalue weighted by Crippen LogP contribution is -2.09. The summed E-state index contributed by atoms with van der Waals surface area (Å²) in [7, 11) is 3.31. The quantitative estimate of drug-likeness (QED) is 0.162. The molecule has 0 N–H and O–H groups in total. The molecule has 0 saturated carbocycles. The zero-order valence-corrected chi connectivity index (χ0v) is 23.8. The van der Waals surface area contributed by atoms with E-state index in [4.69, 9.17) is 18.9 Å². The summed E-state index contributed by atoms with van der Waals surface area (Å²) in [4.78, 5) is 9.22. The van der Waals surface area contributed by atoms with Gasteiger partial charge in [0.15, 0.2) is 0 Å². The van der Waals surface area contributed by atoms with Crippen molar-refractivity contribution in [2.24, 2.45) is 0 Å². The van der Waals surface area contributed by atoms with E-state index in [1.807, 2.05) is 49.1 Å². The second kappa shape index (κ2) is 15.0. The Hall–Kier alpha value is -4.36. The van der Waals surface area contributed by atoms with E-state index in [9.17, 15) is 0 Å². The van der Waals surface area contributed by atoms with E-state index in [1.54, 1.807) is 23.6 Å². The molecule has 0 fully saturated rings. The van der Waals surface area contributed by atoms with Crippen molar-refractivity contribution in [2.45, 2.75) is 13.1 Å². The molecule has 0 amide bonds. The molecule has 0 bridgehead atoms. The van der Waals surface area contributed by atoms with Gasteiger partial charge < -0.3 is 18.9 Å². The minimum Gasteiger partial charge on any atom is -0.382 e. The normalized spacial score (nSPS) is 11.3. The summed E-state index contributed by atoms with van der Waals surface area (Å²) in [5.41, 5.74) is 7.16. The van der Waals surface area contributed by atoms with Crippen LogP contribution in [0.15, 0.2) is 73.3 Å². The maximum absolute atomic E-state index is 5.49. The minimum absolute atomic E-state index is 0.546. The number of benzene rings is 1. The standard InChI is InChI=1S/C30H34N8O4/c1-39-15-17-41-13-11-37-21-29(33-35-37)27-9-7-25(19-31-27)23-3-5-24(6-4-23)26-8-10-28(32-20-26)30-22-38(36-34-30)12-14-42-18-16-40-2/h3-10,19-22H,11-18H2,1-2H3. The third kappa shape index (κ3) is 7.89. The van der Waals surface area contributed by atoms with Crippen molar-refractivity contribution in [2.75, 3.05) is 53.9 Å². The van der Waals surface area contributed by atoms with Gasteiger partial charge in [0, 0.05) is 37.7 Å². The monoisotopic (exact) mass is 570 g/mol. The van der Waals surface area contributed by atoms with Gasteiger partial charge in [0.1, 0.15) is 11.4 Å². The number of hydrogen-bond donors (Lipinski definition) is 0. The summed E-state index contributed by atoms with van der Waals surface area (Å²) in [6, 6.07) is 16.3. The summed E-state index contributed by atoms with van der Waals surface area (Å²) >= 11 is 0. The largest absolute Gasteiger partial charge is 0.382 e. The molecular weight excluding hydrogens is 536 g/mol. The molecule has 4 heterocycles. The van der Waals surface area contributed by atoms with Gasteiger partial charge in [0.05, 0.1) is 76.5 Å². The molecule has 5 aromatic rings. The molecule has 0 spiro atoms. The van der Waals surface area contributed by atoms with E-state index < -0.39 is 0 Å². The Bertz CT molecular complexity index is 1390. The topological polar surface area (TPSA) is 124 Å². The molecule has 0 aliphatic heterocycles. The Morgan fingerprint density at radius 1 is 0.500 bits per heavy atom. The minimum atomic E-state index is 0.546. The third-order valence-electron chi connectivity index (χ3n) is 6.47. The lowest BCUT2D eigenvalue weighted by atomic mass is 10.0. The van der Waals surface area contributed by atoms with Crippen molar-refractivity contribution >= 4 is 0 Å². The van der Waals surface area contributed by atoms with Crippen molar-refractivity contribution in [3.8, 4) is 45.0 Å². The second-order valence-electron chi connectivity index (χ2n) is 9.39. The number of methoxy groups -OCH3 is 2. The highest BCUT2D eigenvalue weighted by Gasteiger charge is 2.09. The zero-order chi connectivity index (χ0) is 29.0. The van der Waals surface area contributed by atoms with Gasteiger partial charge in [-0.25, -0.2) is 9.36 Å². The van der Waals surface area contributed by atoms with Gasteiger partial charge in [-0.05, 0) is 23.3 Å². The van der Waals surface area contributed by atoms with Crippen molar-refractivity contribution in [3.63, 3.8) is 0 Å². The number of pyridine rings is 2. The SMILES string of the molecule is COCCOCCn1cc(-c2ccc(-c3ccc(-c4ccc(-c5cn(CCOCCOC)nn5)nc4)cc3)cn2)nn1. The predicted molar refractivity (Wildman–Crippen MR) is 156 cm³/mol. The van der Waals surface area contributed by atoms with Crippen LogP contribution >= 0.6 is 0 Å². The van der Waals surface area contributed by atoms with Crippen LogP contribution in [0.2, 0.25) is 0 Å². The van der Waals surface area contributed by atoms with Crippen LogP contribution in [0.3, 0.4) is 0 Å². The lowest BCUT2D eigenvalue weighted by Gasteiger charge is -2.06. The van der Waals surface area contributed by atoms with Gasteiger partial charge >= 0.3 is 0 Å². The molecule has 0 atom stereocenters. The average Bonchev–Trinajstić information content (AvgIpc) is 3.72. The first kappa shape index (κ1) is 29.1. The van der Waals surface area contributed by atoms with Crippen molar-refractivity contribution in [1.82, 2.24) is 40.0 Å². The fourth-order valence-electron chi connectivity index (χ4n) is 4.14. The van der Waals surface area contributed by atoms with E-state index in [0.717, 1.165) is 45.0 Å². The first-order valence-electron chi connectivity index (χ1n) is 13.7. The van der Waals surface area contributed by atoms with Gasteiger partial charge in [0.2, 0.25) is 0 Å². The molecule has 0 aliphatic rings. The molecule has 0 aliphatic carbocycles. The van der Waals surface area contributed by atoms with E-state index in [0.29, 0.717) is 52.7 Å². The van der Waals surface area contributed by atoms with E-state index >= 15 is 0 Å². The summed E-state index contributed by atoms with van der Waals surface area (Å²) in [6.07, 6.45) is 7.45. The van der Waals surface area contributed by atoms with Crippen LogP contribution in [0.25, 0.3) is 45.0 Å². The molecule has 5 rings (SSSR count). The summed E-state index contributed by atoms with van der Waals surface area (Å²) < 4.78 is 24.4. The van der Waals surface area contributed by atoms with Crippen LogP contribution in [0.1, 0.15) is 0 Å². The second-order valence-corrected chi connectivity index (χ2v) is 9.39. The number of ether oxygens (including phenoxy) is 4. The molecule has 0 radical (unpaired) electrons. The first-order chi connectivity index (χ1) is 20.7. The zero-order valence-electron chi connectivity index (χ0n) is 23.8. The summed E-state index contributed by atoms with van der Waals surface area (Å²) in [5, 5.41) is 16.8. The van der Waals surface area contributed by atoms with Crippen LogP contribution in [0.5, 0.6) is 0 Å². The van der Waals surface area contributed by atoms with Crippen LogP contribution in [0, 0.1) is 0 Å². The molecular formula is C30H34N8O4. The maximum Gasteiger partial charge on any atom is 0.131 e. The average molecular weight is 571 g/mol. The van der Waals surface area contributed by atoms with E-state index in [2.05, 4.69) is 54.9 Å². The van der Waals surface area contributed by atoms with E-state index in [1.165, 1.54) is 0 Å². The van der Waals surface area contributed by atoms with Gasteiger partial charge in [-0.3, -0.25) is 9.97 Å². The van der Waals surface area contributed by atoms with Crippen molar-refractivity contribution in [3.05, 3.63) is 73.3 Å². The van der Waals surface area contributed by atoms with Crippen LogP contribution in [0.4, 0.5) is 0 Å². The predicted octanol–water partition coefficient (Wildman–Crippen LogP) is 3.65. The number of aromatic nitrogens is 8. The fraction of sp³-hybridized carbons (Fsp3) is 0.333. The van der Waals surface area contributed by atoms with Gasteiger partial charge in [0.25, 0.3) is 0 Å². The summed E-state index contributed by atoms with van der Waals surface area (Å²) in [6.45, 7) is 4.60. The van der Waals surface area contributed by atoms with Crippen LogP contribution < -0.4 is 0 Å². The fourth-order valence-corrected chi connectivity index (χ4v) is 4.14. The number of nitrogens with zero attached hydrogens (tertiary/aromatic N) is 8. The number of rotatable bonds is 16. The first-order valence-corrected chi connectivity index (χ1v) is 13.7. The highest BCUT2D eigenvalue weighted by Crippen LogP contribution is 2.26. The molecule has 42 heavy (non-hydrogen) atoms. The highest BCUT2D eigenvalue weighted by atomic mass is 16.5. The Morgan fingerprint density at radius 2 is 0.929 bits per heavy atom. The Kier molecular flexibility index (Phi) is 10.4. The highest BCUT2D eigenvalue weighted by molar-refractivity contribution is 5.71.